The van der Waals surface area contributed by atoms with Crippen LogP contribution in [0.4, 0.5) is 4.39 Å². The number of halogens is 1. The van der Waals surface area contributed by atoms with E-state index < -0.39 is 5.83 Å². The van der Waals surface area contributed by atoms with E-state index in [0.717, 1.165) is 37.7 Å². The minimum Gasteiger partial charge on any atom is -0.378 e. The molecule has 0 spiro atoms. The van der Waals surface area contributed by atoms with Crippen molar-refractivity contribution in [1.29, 1.82) is 5.26 Å². The van der Waals surface area contributed by atoms with Gasteiger partial charge in [0.1, 0.15) is 6.07 Å². The second-order valence-corrected chi connectivity index (χ2v) is 9.42. The Morgan fingerprint density at radius 1 is 1.03 bits per heavy atom. The van der Waals surface area contributed by atoms with Gasteiger partial charge in [-0.25, -0.2) is 0 Å². The number of hydrogen-bond acceptors (Lipinski definition) is 2. The third-order valence-electron chi connectivity index (χ3n) is 7.29. The van der Waals surface area contributed by atoms with E-state index >= 15 is 0 Å². The fourth-order valence-corrected chi connectivity index (χ4v) is 5.17. The highest BCUT2D eigenvalue weighted by atomic mass is 19.1. The van der Waals surface area contributed by atoms with E-state index in [4.69, 9.17) is 10.00 Å². The zero-order chi connectivity index (χ0) is 21.9. The molecule has 31 heavy (non-hydrogen) atoms. The van der Waals surface area contributed by atoms with Crippen molar-refractivity contribution < 1.29 is 9.13 Å². The molecule has 168 valence electrons. The molecule has 0 radical (unpaired) electrons. The number of nitrogens with zero attached hydrogens (tertiary/aromatic N) is 1. The summed E-state index contributed by atoms with van der Waals surface area (Å²) in [6.07, 6.45) is 18.6. The van der Waals surface area contributed by atoms with Gasteiger partial charge in [-0.2, -0.15) is 9.65 Å². The van der Waals surface area contributed by atoms with E-state index in [1.807, 2.05) is 6.08 Å². The first-order valence-corrected chi connectivity index (χ1v) is 12.3. The number of aryl methyl sites for hydroxylation is 1. The Labute approximate surface area is 188 Å². The summed E-state index contributed by atoms with van der Waals surface area (Å²) in [6, 6.07) is 10.7. The van der Waals surface area contributed by atoms with Crippen LogP contribution < -0.4 is 0 Å². The molecular weight excluding hydrogens is 385 g/mol. The van der Waals surface area contributed by atoms with Crippen LogP contribution in [0.25, 0.3) is 0 Å². The zero-order valence-electron chi connectivity index (χ0n) is 19.1. The Balaban J connectivity index is 1.28. The minimum absolute atomic E-state index is 0.455. The summed E-state index contributed by atoms with van der Waals surface area (Å²) >= 11 is 0. The number of benzene rings is 1. The van der Waals surface area contributed by atoms with Gasteiger partial charge in [-0.05, 0) is 92.7 Å². The number of ether oxygens (including phenoxy) is 1. The van der Waals surface area contributed by atoms with Crippen molar-refractivity contribution >= 4 is 0 Å². The Morgan fingerprint density at radius 2 is 1.71 bits per heavy atom. The number of nitriles is 1. The molecule has 3 heteroatoms. The topological polar surface area (TPSA) is 33.0 Å². The van der Waals surface area contributed by atoms with Gasteiger partial charge in [0.25, 0.3) is 0 Å². The highest BCUT2D eigenvalue weighted by Gasteiger charge is 2.25. The lowest BCUT2D eigenvalue weighted by Gasteiger charge is -2.32. The fraction of sp³-hybridized carbons (Fsp3) is 0.607. The quantitative estimate of drug-likeness (QED) is 0.300. The molecule has 2 fully saturated rings. The maximum atomic E-state index is 12.7. The third kappa shape index (κ3) is 7.93. The average Bonchev–Trinajstić information content (AvgIpc) is 2.83. The molecule has 2 nitrogen and oxygen atoms in total. The van der Waals surface area contributed by atoms with Crippen molar-refractivity contribution in [3.05, 3.63) is 59.4 Å². The van der Waals surface area contributed by atoms with E-state index in [2.05, 4.69) is 31.2 Å². The van der Waals surface area contributed by atoms with E-state index in [1.54, 1.807) is 6.08 Å². The van der Waals surface area contributed by atoms with Gasteiger partial charge < -0.3 is 4.74 Å². The zero-order valence-corrected chi connectivity index (χ0v) is 19.1. The molecule has 3 rings (SSSR count). The van der Waals surface area contributed by atoms with Gasteiger partial charge in [0.15, 0.2) is 5.83 Å². The summed E-state index contributed by atoms with van der Waals surface area (Å²) < 4.78 is 19.1. The monoisotopic (exact) mass is 423 g/mol. The van der Waals surface area contributed by atoms with Crippen LogP contribution in [-0.4, -0.2) is 12.7 Å². The third-order valence-corrected chi connectivity index (χ3v) is 7.29. The molecule has 1 aromatic carbocycles. The van der Waals surface area contributed by atoms with Crippen LogP contribution in [0.2, 0.25) is 0 Å². The van der Waals surface area contributed by atoms with Crippen LogP contribution in [0.3, 0.4) is 0 Å². The summed E-state index contributed by atoms with van der Waals surface area (Å²) in [5, 5.41) is 8.38. The van der Waals surface area contributed by atoms with Crippen LogP contribution in [-0.2, 0) is 11.2 Å². The van der Waals surface area contributed by atoms with Gasteiger partial charge in [0.2, 0.25) is 0 Å². The highest BCUT2D eigenvalue weighted by molar-refractivity contribution is 5.25. The van der Waals surface area contributed by atoms with Gasteiger partial charge in [-0.15, -0.1) is 0 Å². The maximum absolute atomic E-state index is 12.7. The van der Waals surface area contributed by atoms with Gasteiger partial charge in [0, 0.05) is 6.61 Å². The van der Waals surface area contributed by atoms with Crippen molar-refractivity contribution in [2.24, 2.45) is 11.8 Å². The molecule has 2 aliphatic carbocycles. The Hall–Kier alpha value is -1.92. The largest absolute Gasteiger partial charge is 0.378 e. The second-order valence-electron chi connectivity index (χ2n) is 9.42. The van der Waals surface area contributed by atoms with E-state index in [1.165, 1.54) is 74.6 Å². The molecule has 0 aliphatic heterocycles. The van der Waals surface area contributed by atoms with E-state index in [-0.39, 0.29) is 0 Å². The standard InChI is InChI=1S/C28H38FNO/c1-2-22-12-14-25(15-13-22)26-16-18-28(19-17-26)31-21-24-10-8-23(9-11-24)6-4-3-5-7-27(29)20-30/h3,5,7,12-15,23-24,26,28H,2,4,6,8-11,16-19,21H2,1H3. The van der Waals surface area contributed by atoms with Crippen LogP contribution in [0, 0.1) is 23.2 Å². The SMILES string of the molecule is CCc1ccc(C2CCC(OCC3CCC(CCC=CC=C(F)C#N)CC3)CC2)cc1. The Morgan fingerprint density at radius 3 is 2.35 bits per heavy atom. The smallest absolute Gasteiger partial charge is 0.199 e. The van der Waals surface area contributed by atoms with E-state index in [0.29, 0.717) is 12.0 Å². The Bertz CT molecular complexity index is 744. The molecule has 0 bridgehead atoms. The molecule has 1 aromatic rings. The molecular formula is C28H38FNO. The molecule has 0 unspecified atom stereocenters. The normalized spacial score (nSPS) is 27.3. The van der Waals surface area contributed by atoms with Gasteiger partial charge in [-0.1, -0.05) is 56.2 Å². The van der Waals surface area contributed by atoms with Crippen molar-refractivity contribution in [1.82, 2.24) is 0 Å². The molecule has 0 heterocycles. The lowest BCUT2D eigenvalue weighted by Crippen LogP contribution is -2.25. The van der Waals surface area contributed by atoms with Crippen molar-refractivity contribution in [3.63, 3.8) is 0 Å². The minimum atomic E-state index is -0.726. The van der Waals surface area contributed by atoms with Crippen LogP contribution >= 0.6 is 0 Å². The molecule has 0 amide bonds. The second kappa shape index (κ2) is 12.8. The average molecular weight is 424 g/mol. The first-order chi connectivity index (χ1) is 15.2. The van der Waals surface area contributed by atoms with Crippen LogP contribution in [0.15, 0.2) is 48.3 Å². The summed E-state index contributed by atoms with van der Waals surface area (Å²) in [5.74, 6) is 1.48. The lowest BCUT2D eigenvalue weighted by atomic mass is 9.80. The molecule has 2 saturated carbocycles. The highest BCUT2D eigenvalue weighted by Crippen LogP contribution is 2.36. The van der Waals surface area contributed by atoms with Crippen molar-refractivity contribution in [3.8, 4) is 6.07 Å². The number of rotatable bonds is 9. The van der Waals surface area contributed by atoms with Crippen LogP contribution in [0.1, 0.15) is 88.2 Å². The van der Waals surface area contributed by atoms with Gasteiger partial charge in [-0.3, -0.25) is 0 Å². The lowest BCUT2D eigenvalue weighted by molar-refractivity contribution is -0.00474. The summed E-state index contributed by atoms with van der Waals surface area (Å²) in [7, 11) is 0. The van der Waals surface area contributed by atoms with E-state index in [9.17, 15) is 4.39 Å². The van der Waals surface area contributed by atoms with Crippen molar-refractivity contribution in [2.45, 2.75) is 89.6 Å². The fourth-order valence-electron chi connectivity index (χ4n) is 5.17. The number of hydrogen-bond donors (Lipinski definition) is 0. The molecule has 2 aliphatic rings. The van der Waals surface area contributed by atoms with Gasteiger partial charge >= 0.3 is 0 Å². The molecule has 0 N–H and O–H groups in total. The first kappa shape index (κ1) is 23.7. The molecule has 0 aromatic heterocycles. The maximum Gasteiger partial charge on any atom is 0.199 e. The first-order valence-electron chi connectivity index (χ1n) is 12.3. The Kier molecular flexibility index (Phi) is 9.82. The predicted octanol–water partition coefficient (Wildman–Crippen LogP) is 7.81. The predicted molar refractivity (Wildman–Crippen MR) is 125 cm³/mol. The summed E-state index contributed by atoms with van der Waals surface area (Å²) in [6.45, 7) is 3.15. The van der Waals surface area contributed by atoms with Gasteiger partial charge in [0.05, 0.1) is 6.10 Å². The summed E-state index contributed by atoms with van der Waals surface area (Å²) in [4.78, 5) is 0. The number of allylic oxidation sites excluding steroid dienone is 4. The summed E-state index contributed by atoms with van der Waals surface area (Å²) in [5.41, 5.74) is 2.94. The van der Waals surface area contributed by atoms with Crippen molar-refractivity contribution in [2.75, 3.05) is 6.61 Å². The molecule has 0 saturated heterocycles. The van der Waals surface area contributed by atoms with Crippen LogP contribution in [0.5, 0.6) is 0 Å². The molecule has 0 atom stereocenters.